The summed E-state index contributed by atoms with van der Waals surface area (Å²) in [4.78, 5) is 42.2. The predicted molar refractivity (Wildman–Crippen MR) is 205 cm³/mol. The van der Waals surface area contributed by atoms with Gasteiger partial charge in [0.15, 0.2) is 6.10 Å². The largest absolute Gasteiger partial charge is 0.462 e. The fourth-order valence-electron chi connectivity index (χ4n) is 8.27. The second kappa shape index (κ2) is 19.9. The Balaban J connectivity index is 1.41. The highest BCUT2D eigenvalue weighted by Crippen LogP contribution is 2.38. The van der Waals surface area contributed by atoms with E-state index in [2.05, 4.69) is 4.90 Å². The minimum Gasteiger partial charge on any atom is -0.462 e. The summed E-state index contributed by atoms with van der Waals surface area (Å²) in [6.45, 7) is 15.1. The molecule has 0 bridgehead atoms. The molecule has 1 aliphatic carbocycles. The molecular formula is C42H68N2O10. The number of rotatable bonds is 11. The molecule has 0 spiro atoms. The van der Waals surface area contributed by atoms with Crippen LogP contribution in [0.15, 0.2) is 36.0 Å². The zero-order valence-electron chi connectivity index (χ0n) is 33.8. The average Bonchev–Trinajstić information content (AvgIpc) is 3.92. The van der Waals surface area contributed by atoms with Crippen LogP contribution in [0, 0.1) is 11.8 Å². The van der Waals surface area contributed by atoms with E-state index in [4.69, 9.17) is 18.9 Å². The minimum absolute atomic E-state index is 0.00662. The number of cyclic esters (lactones) is 1. The van der Waals surface area contributed by atoms with Crippen molar-refractivity contribution < 1.29 is 48.7 Å². The van der Waals surface area contributed by atoms with Gasteiger partial charge in [-0.25, -0.2) is 4.79 Å². The summed E-state index contributed by atoms with van der Waals surface area (Å²) in [5.74, 6) is -1.28. The summed E-state index contributed by atoms with van der Waals surface area (Å²) in [6, 6.07) is 0.575. The van der Waals surface area contributed by atoms with E-state index < -0.39 is 41.6 Å². The first-order valence-electron chi connectivity index (χ1n) is 20.4. The van der Waals surface area contributed by atoms with Crippen LogP contribution in [0.25, 0.3) is 0 Å². The van der Waals surface area contributed by atoms with E-state index >= 15 is 0 Å². The van der Waals surface area contributed by atoms with E-state index in [-0.39, 0.29) is 55.4 Å². The molecule has 1 amide bonds. The maximum Gasteiger partial charge on any atom is 0.410 e. The Hall–Kier alpha value is -2.77. The number of epoxide rings is 1. The van der Waals surface area contributed by atoms with Crippen LogP contribution < -0.4 is 0 Å². The van der Waals surface area contributed by atoms with Gasteiger partial charge in [-0.3, -0.25) is 14.5 Å². The molecule has 306 valence electrons. The van der Waals surface area contributed by atoms with E-state index in [1.807, 2.05) is 27.7 Å². The molecule has 4 aliphatic rings. The van der Waals surface area contributed by atoms with Gasteiger partial charge < -0.3 is 39.2 Å². The van der Waals surface area contributed by atoms with E-state index in [9.17, 15) is 29.7 Å². The number of allylic oxidation sites excluding steroid dienone is 2. The Bertz CT molecular complexity index is 1330. The standard InChI is InChI=1S/C42H68N2O10/c1-8-34(51-31(5)45)30(4)39-35(52-39)27-41(6,49)20-13-14-28(2)38-29(3)17-18-36(42(7,50)21-19-33(46)26-37(47)54-38)53-40(48)44-24-22-43(23-25-44)32-15-11-9-10-12-16-32/h13-14,17-18,20,29-30,32-36,38-39,46,49-50H,8-12,15-16,19,21-27H2,1-7H3/b18-17+,20-13+,28-14+/t29-,30+,33+,34-,35+,36-,38+,39+,41?,42+/m0/s1. The Morgan fingerprint density at radius 3 is 2.39 bits per heavy atom. The van der Waals surface area contributed by atoms with E-state index in [1.54, 1.807) is 49.1 Å². The molecule has 0 aromatic rings. The second-order valence-electron chi connectivity index (χ2n) is 16.8. The van der Waals surface area contributed by atoms with Crippen LogP contribution in [0.2, 0.25) is 0 Å². The van der Waals surface area contributed by atoms with E-state index in [0.717, 1.165) is 13.1 Å². The Morgan fingerprint density at radius 1 is 1.09 bits per heavy atom. The maximum absolute atomic E-state index is 13.5. The van der Waals surface area contributed by atoms with Gasteiger partial charge >= 0.3 is 18.0 Å². The molecular weight excluding hydrogens is 692 g/mol. The van der Waals surface area contributed by atoms with Crippen LogP contribution in [0.4, 0.5) is 4.79 Å². The molecule has 1 saturated carbocycles. The quantitative estimate of drug-likeness (QED) is 0.0600. The smallest absolute Gasteiger partial charge is 0.410 e. The lowest BCUT2D eigenvalue weighted by Crippen LogP contribution is -2.53. The van der Waals surface area contributed by atoms with Crippen molar-refractivity contribution >= 4 is 18.0 Å². The number of hydrogen-bond donors (Lipinski definition) is 3. The number of carbonyl (C=O) groups excluding carboxylic acids is 3. The average molecular weight is 761 g/mol. The van der Waals surface area contributed by atoms with Crippen LogP contribution in [0.1, 0.15) is 119 Å². The molecule has 4 rings (SSSR count). The van der Waals surface area contributed by atoms with Gasteiger partial charge in [-0.1, -0.05) is 70.8 Å². The van der Waals surface area contributed by atoms with Crippen molar-refractivity contribution in [2.45, 2.75) is 173 Å². The summed E-state index contributed by atoms with van der Waals surface area (Å²) >= 11 is 0. The zero-order chi connectivity index (χ0) is 39.6. The minimum atomic E-state index is -1.49. The molecule has 0 radical (unpaired) electrons. The predicted octanol–water partition coefficient (Wildman–Crippen LogP) is 5.62. The Morgan fingerprint density at radius 2 is 1.76 bits per heavy atom. The molecule has 3 N–H and O–H groups in total. The van der Waals surface area contributed by atoms with Crippen molar-refractivity contribution in [3.63, 3.8) is 0 Å². The van der Waals surface area contributed by atoms with Crippen molar-refractivity contribution in [2.24, 2.45) is 11.8 Å². The van der Waals surface area contributed by atoms with Crippen LogP contribution in [-0.2, 0) is 28.5 Å². The molecule has 3 fully saturated rings. The topological polar surface area (TPSA) is 159 Å². The van der Waals surface area contributed by atoms with Crippen molar-refractivity contribution in [3.8, 4) is 0 Å². The lowest BCUT2D eigenvalue weighted by atomic mass is 9.88. The van der Waals surface area contributed by atoms with Crippen molar-refractivity contribution in [1.29, 1.82) is 0 Å². The third-order valence-corrected chi connectivity index (χ3v) is 11.8. The second-order valence-corrected chi connectivity index (χ2v) is 16.8. The monoisotopic (exact) mass is 760 g/mol. The van der Waals surface area contributed by atoms with Gasteiger partial charge in [-0.15, -0.1) is 0 Å². The molecule has 12 heteroatoms. The number of hydrogen-bond acceptors (Lipinski definition) is 11. The molecule has 3 heterocycles. The van der Waals surface area contributed by atoms with E-state index in [1.165, 1.54) is 45.4 Å². The summed E-state index contributed by atoms with van der Waals surface area (Å²) in [6.07, 6.45) is 13.4. The van der Waals surface area contributed by atoms with Crippen LogP contribution in [0.3, 0.4) is 0 Å². The molecule has 2 saturated heterocycles. The highest BCUT2D eigenvalue weighted by molar-refractivity contribution is 5.70. The van der Waals surface area contributed by atoms with Crippen molar-refractivity contribution in [3.05, 3.63) is 36.0 Å². The lowest BCUT2D eigenvalue weighted by Gasteiger charge is -2.40. The number of carbonyl (C=O) groups is 3. The van der Waals surface area contributed by atoms with Crippen molar-refractivity contribution in [1.82, 2.24) is 9.80 Å². The molecule has 1 unspecified atom stereocenters. The zero-order valence-corrected chi connectivity index (χ0v) is 33.8. The number of ether oxygens (including phenoxy) is 4. The third kappa shape index (κ3) is 13.2. The van der Waals surface area contributed by atoms with Gasteiger partial charge in [0.2, 0.25) is 0 Å². The first kappa shape index (κ1) is 44.0. The number of nitrogens with zero attached hydrogens (tertiary/aromatic N) is 2. The molecule has 3 aliphatic heterocycles. The summed E-state index contributed by atoms with van der Waals surface area (Å²) in [5, 5.41) is 33.5. The third-order valence-electron chi connectivity index (χ3n) is 11.8. The van der Waals surface area contributed by atoms with Gasteiger partial charge in [0.25, 0.3) is 0 Å². The number of esters is 2. The first-order valence-corrected chi connectivity index (χ1v) is 20.4. The van der Waals surface area contributed by atoms with Crippen molar-refractivity contribution in [2.75, 3.05) is 26.2 Å². The molecule has 10 atom stereocenters. The summed E-state index contributed by atoms with van der Waals surface area (Å²) in [7, 11) is 0. The number of amides is 1. The summed E-state index contributed by atoms with van der Waals surface area (Å²) in [5.41, 5.74) is -1.98. The molecule has 0 aromatic heterocycles. The molecule has 54 heavy (non-hydrogen) atoms. The number of piperazine rings is 1. The van der Waals surface area contributed by atoms with Gasteiger partial charge in [-0.05, 0) is 64.5 Å². The van der Waals surface area contributed by atoms with E-state index in [0.29, 0.717) is 37.5 Å². The highest BCUT2D eigenvalue weighted by Gasteiger charge is 2.48. The fraction of sp³-hybridized carbons (Fsp3) is 0.786. The normalized spacial score (nSPS) is 34.0. The van der Waals surface area contributed by atoms with Gasteiger partial charge in [-0.2, -0.15) is 0 Å². The number of aliphatic hydroxyl groups excluding tert-OH is 1. The van der Waals surface area contributed by atoms with Crippen LogP contribution in [0.5, 0.6) is 0 Å². The van der Waals surface area contributed by atoms with Crippen LogP contribution in [-0.4, -0.2) is 123 Å². The SMILES string of the molecule is CC[C@H](OC(C)=O)[C@@H](C)[C@H]1O[C@@H]1CC(C)(O)/C=C/C=C(\C)[C@H]1OC(=O)C[C@H](O)CC[C@@](C)(O)[C@@H](OC(=O)N2CCN(C3CCCCCC3)CC2)/C=C/[C@@H]1C. The Kier molecular flexibility index (Phi) is 16.2. The number of aliphatic hydroxyl groups is 3. The lowest BCUT2D eigenvalue weighted by molar-refractivity contribution is -0.152. The fourth-order valence-corrected chi connectivity index (χ4v) is 8.27. The molecule has 12 nitrogen and oxygen atoms in total. The Labute approximate surface area is 322 Å². The van der Waals surface area contributed by atoms with Gasteiger partial charge in [0, 0.05) is 57.4 Å². The highest BCUT2D eigenvalue weighted by atomic mass is 16.6. The van der Waals surface area contributed by atoms with Crippen LogP contribution >= 0.6 is 0 Å². The first-order chi connectivity index (χ1) is 25.5. The van der Waals surface area contributed by atoms with Gasteiger partial charge in [0.1, 0.15) is 17.8 Å². The summed E-state index contributed by atoms with van der Waals surface area (Å²) < 4.78 is 23.2. The molecule has 0 aromatic carbocycles. The maximum atomic E-state index is 13.5. The van der Waals surface area contributed by atoms with Gasteiger partial charge in [0.05, 0.1) is 30.3 Å².